The number of carbonyl (C=O) groups excluding carboxylic acids is 1. The lowest BCUT2D eigenvalue weighted by Gasteiger charge is -2.25. The van der Waals surface area contributed by atoms with E-state index in [0.717, 1.165) is 52.3 Å². The van der Waals surface area contributed by atoms with Gasteiger partial charge in [-0.3, -0.25) is 4.79 Å². The van der Waals surface area contributed by atoms with Gasteiger partial charge in [0.15, 0.2) is 11.0 Å². The predicted octanol–water partition coefficient (Wildman–Crippen LogP) is 5.70. The van der Waals surface area contributed by atoms with Gasteiger partial charge < -0.3 is 9.47 Å². The summed E-state index contributed by atoms with van der Waals surface area (Å²) in [7, 11) is 0. The standard InChI is InChI=1S/C24H25ClN4OS/c1-3-13-29-22(26-27-24(29)31-16-18-9-11-20(25)12-10-18)21-8-5-14-28(21)23(30)19-7-4-6-17(2)15-19/h3-4,6-7,9-12,15,21H,1,5,8,13-14,16H2,2H3. The van der Waals surface area contributed by atoms with Crippen molar-refractivity contribution >= 4 is 29.3 Å². The molecule has 0 saturated carbocycles. The second kappa shape index (κ2) is 9.71. The van der Waals surface area contributed by atoms with Crippen LogP contribution in [0.25, 0.3) is 0 Å². The minimum absolute atomic E-state index is 0.0507. The van der Waals surface area contributed by atoms with E-state index in [1.54, 1.807) is 11.8 Å². The van der Waals surface area contributed by atoms with Crippen molar-refractivity contribution in [3.8, 4) is 0 Å². The molecule has 2 aromatic carbocycles. The van der Waals surface area contributed by atoms with Crippen LogP contribution in [0.3, 0.4) is 0 Å². The maximum atomic E-state index is 13.2. The average Bonchev–Trinajstić information content (AvgIpc) is 3.40. The van der Waals surface area contributed by atoms with E-state index in [0.29, 0.717) is 6.54 Å². The Balaban J connectivity index is 1.57. The molecule has 1 atom stereocenters. The lowest BCUT2D eigenvalue weighted by Crippen LogP contribution is -2.32. The van der Waals surface area contributed by atoms with E-state index >= 15 is 0 Å². The molecule has 31 heavy (non-hydrogen) atoms. The summed E-state index contributed by atoms with van der Waals surface area (Å²) in [6.45, 7) is 7.24. The van der Waals surface area contributed by atoms with Crippen molar-refractivity contribution in [1.82, 2.24) is 19.7 Å². The van der Waals surface area contributed by atoms with E-state index in [9.17, 15) is 4.79 Å². The molecule has 0 bridgehead atoms. The Kier molecular flexibility index (Phi) is 6.78. The first-order valence-electron chi connectivity index (χ1n) is 10.4. The average molecular weight is 453 g/mol. The highest BCUT2D eigenvalue weighted by Crippen LogP contribution is 2.34. The molecule has 0 N–H and O–H groups in total. The van der Waals surface area contributed by atoms with E-state index in [4.69, 9.17) is 11.6 Å². The number of likely N-dealkylation sites (tertiary alicyclic amines) is 1. The van der Waals surface area contributed by atoms with E-state index in [2.05, 4.69) is 21.3 Å². The number of rotatable bonds is 7. The van der Waals surface area contributed by atoms with Gasteiger partial charge in [0.1, 0.15) is 0 Å². The van der Waals surface area contributed by atoms with E-state index < -0.39 is 0 Å². The Labute approximate surface area is 192 Å². The number of allylic oxidation sites excluding steroid dienone is 1. The number of benzene rings is 2. The minimum Gasteiger partial charge on any atom is -0.328 e. The molecular formula is C24H25ClN4OS. The van der Waals surface area contributed by atoms with Gasteiger partial charge >= 0.3 is 0 Å². The third-order valence-electron chi connectivity index (χ3n) is 5.42. The van der Waals surface area contributed by atoms with Gasteiger partial charge in [-0.2, -0.15) is 0 Å². The fourth-order valence-electron chi connectivity index (χ4n) is 3.90. The van der Waals surface area contributed by atoms with Gasteiger partial charge in [0, 0.05) is 29.4 Å². The van der Waals surface area contributed by atoms with Crippen molar-refractivity contribution in [3.63, 3.8) is 0 Å². The summed E-state index contributed by atoms with van der Waals surface area (Å²) in [5.74, 6) is 1.65. The highest BCUT2D eigenvalue weighted by atomic mass is 35.5. The van der Waals surface area contributed by atoms with Gasteiger partial charge in [-0.1, -0.05) is 59.3 Å². The zero-order valence-electron chi connectivity index (χ0n) is 17.5. The fraction of sp³-hybridized carbons (Fsp3) is 0.292. The zero-order valence-corrected chi connectivity index (χ0v) is 19.1. The molecule has 1 saturated heterocycles. The molecule has 1 aliphatic rings. The third kappa shape index (κ3) is 4.86. The Hall–Kier alpha value is -2.57. The van der Waals surface area contributed by atoms with Crippen LogP contribution in [0.15, 0.2) is 66.3 Å². The Morgan fingerprint density at radius 2 is 2.06 bits per heavy atom. The summed E-state index contributed by atoms with van der Waals surface area (Å²) in [4.78, 5) is 15.2. The molecule has 0 aliphatic carbocycles. The maximum absolute atomic E-state index is 13.2. The van der Waals surface area contributed by atoms with Gasteiger partial charge in [-0.25, -0.2) is 0 Å². The highest BCUT2D eigenvalue weighted by molar-refractivity contribution is 7.98. The summed E-state index contributed by atoms with van der Waals surface area (Å²) in [5, 5.41) is 10.5. The highest BCUT2D eigenvalue weighted by Gasteiger charge is 2.34. The van der Waals surface area contributed by atoms with E-state index in [1.165, 1.54) is 5.56 Å². The number of nitrogens with zero attached hydrogens (tertiary/aromatic N) is 4. The van der Waals surface area contributed by atoms with Crippen LogP contribution in [0, 0.1) is 6.92 Å². The van der Waals surface area contributed by atoms with Gasteiger partial charge in [0.25, 0.3) is 5.91 Å². The molecule has 1 unspecified atom stereocenters. The SMILES string of the molecule is C=CCn1c(SCc2ccc(Cl)cc2)nnc1C1CCCN1C(=O)c1cccc(C)c1. The van der Waals surface area contributed by atoms with Gasteiger partial charge in [0.05, 0.1) is 6.04 Å². The summed E-state index contributed by atoms with van der Waals surface area (Å²) in [5.41, 5.74) is 2.97. The molecule has 1 amide bonds. The number of hydrogen-bond donors (Lipinski definition) is 0. The molecule has 1 aromatic heterocycles. The number of hydrogen-bond acceptors (Lipinski definition) is 4. The largest absolute Gasteiger partial charge is 0.328 e. The van der Waals surface area contributed by atoms with Crippen LogP contribution >= 0.6 is 23.4 Å². The number of aromatic nitrogens is 3. The molecule has 2 heterocycles. The van der Waals surface area contributed by atoms with Crippen LogP contribution in [0.5, 0.6) is 0 Å². The molecule has 160 valence electrons. The van der Waals surface area contributed by atoms with Crippen molar-refractivity contribution in [3.05, 3.63) is 88.7 Å². The van der Waals surface area contributed by atoms with Crippen molar-refractivity contribution in [2.45, 2.75) is 43.3 Å². The molecule has 0 radical (unpaired) electrons. The van der Waals surface area contributed by atoms with Crippen molar-refractivity contribution in [2.24, 2.45) is 0 Å². The number of aryl methyl sites for hydroxylation is 1. The first-order chi connectivity index (χ1) is 15.1. The van der Waals surface area contributed by atoms with Gasteiger partial charge in [0.2, 0.25) is 0 Å². The second-order valence-electron chi connectivity index (χ2n) is 7.68. The van der Waals surface area contributed by atoms with E-state index in [-0.39, 0.29) is 11.9 Å². The number of amides is 1. The molecule has 3 aromatic rings. The Morgan fingerprint density at radius 1 is 1.26 bits per heavy atom. The monoisotopic (exact) mass is 452 g/mol. The Bertz CT molecular complexity index is 1080. The molecule has 0 spiro atoms. The molecular weight excluding hydrogens is 428 g/mol. The fourth-order valence-corrected chi connectivity index (χ4v) is 4.94. The lowest BCUT2D eigenvalue weighted by molar-refractivity contribution is 0.0727. The summed E-state index contributed by atoms with van der Waals surface area (Å²) in [6, 6.07) is 15.5. The third-order valence-corrected chi connectivity index (χ3v) is 6.70. The minimum atomic E-state index is -0.0784. The van der Waals surface area contributed by atoms with Crippen LogP contribution in [-0.2, 0) is 12.3 Å². The normalized spacial score (nSPS) is 15.9. The van der Waals surface area contributed by atoms with Crippen LogP contribution in [0.1, 0.15) is 46.2 Å². The smallest absolute Gasteiger partial charge is 0.254 e. The van der Waals surface area contributed by atoms with Crippen LogP contribution in [0.4, 0.5) is 0 Å². The predicted molar refractivity (Wildman–Crippen MR) is 125 cm³/mol. The van der Waals surface area contributed by atoms with Gasteiger partial charge in [-0.05, 0) is 49.6 Å². The maximum Gasteiger partial charge on any atom is 0.254 e. The number of thioether (sulfide) groups is 1. The molecule has 1 fully saturated rings. The van der Waals surface area contributed by atoms with Crippen LogP contribution in [0.2, 0.25) is 5.02 Å². The molecule has 4 rings (SSSR count). The lowest BCUT2D eigenvalue weighted by atomic mass is 10.1. The van der Waals surface area contributed by atoms with Crippen LogP contribution in [-0.4, -0.2) is 32.1 Å². The second-order valence-corrected chi connectivity index (χ2v) is 9.06. The van der Waals surface area contributed by atoms with E-state index in [1.807, 2.05) is 66.4 Å². The Morgan fingerprint density at radius 3 is 2.81 bits per heavy atom. The number of carbonyl (C=O) groups is 1. The first kappa shape index (κ1) is 21.7. The molecule has 5 nitrogen and oxygen atoms in total. The topological polar surface area (TPSA) is 51.0 Å². The van der Waals surface area contributed by atoms with Crippen LogP contribution < -0.4 is 0 Å². The summed E-state index contributed by atoms with van der Waals surface area (Å²) < 4.78 is 2.08. The number of halogens is 1. The summed E-state index contributed by atoms with van der Waals surface area (Å²) >= 11 is 7.62. The molecule has 7 heteroatoms. The van der Waals surface area contributed by atoms with Crippen molar-refractivity contribution < 1.29 is 4.79 Å². The van der Waals surface area contributed by atoms with Gasteiger partial charge in [-0.15, -0.1) is 16.8 Å². The summed E-state index contributed by atoms with van der Waals surface area (Å²) in [6.07, 6.45) is 3.69. The molecule has 1 aliphatic heterocycles. The van der Waals surface area contributed by atoms with Crippen molar-refractivity contribution in [1.29, 1.82) is 0 Å². The quantitative estimate of drug-likeness (QED) is 0.341. The first-order valence-corrected chi connectivity index (χ1v) is 11.7. The zero-order chi connectivity index (χ0) is 21.8. The van der Waals surface area contributed by atoms with Crippen molar-refractivity contribution in [2.75, 3.05) is 6.54 Å².